The standard InChI is InChI=1S/C22H23N3O4/c1-11-6-8-13-14(10-11)24-21(23-13)25-17(15-9-7-12(2)29-15)16(18(26)20(25)28)19(27)22(3,4)5/h6-10,17,26H,1-5H3,(H,23,24). The van der Waals surface area contributed by atoms with Gasteiger partial charge >= 0.3 is 0 Å². The Hall–Kier alpha value is -3.35. The smallest absolute Gasteiger partial charge is 0.296 e. The zero-order valence-electron chi connectivity index (χ0n) is 17.0. The lowest BCUT2D eigenvalue weighted by Gasteiger charge is -2.25. The van der Waals surface area contributed by atoms with Gasteiger partial charge in [-0.15, -0.1) is 0 Å². The number of nitrogens with one attached hydrogen (secondary N) is 1. The number of anilines is 1. The third kappa shape index (κ3) is 3.03. The number of aliphatic hydroxyl groups is 1. The van der Waals surface area contributed by atoms with Crippen LogP contribution in [0.2, 0.25) is 0 Å². The van der Waals surface area contributed by atoms with Crippen molar-refractivity contribution in [2.45, 2.75) is 40.7 Å². The number of furan rings is 1. The molecule has 0 bridgehead atoms. The largest absolute Gasteiger partial charge is 0.503 e. The number of Topliss-reactive ketones (excluding diaryl/α,β-unsaturated/α-hetero) is 1. The number of H-pyrrole nitrogens is 1. The summed E-state index contributed by atoms with van der Waals surface area (Å²) in [5.41, 5.74) is 1.72. The summed E-state index contributed by atoms with van der Waals surface area (Å²) in [5.74, 6) is -0.298. The maximum atomic E-state index is 13.1. The van der Waals surface area contributed by atoms with Crippen molar-refractivity contribution < 1.29 is 19.1 Å². The summed E-state index contributed by atoms with van der Waals surface area (Å²) >= 11 is 0. The summed E-state index contributed by atoms with van der Waals surface area (Å²) in [5, 5.41) is 10.7. The van der Waals surface area contributed by atoms with Crippen molar-refractivity contribution in [3.63, 3.8) is 0 Å². The van der Waals surface area contributed by atoms with Crippen LogP contribution in [0, 0.1) is 19.3 Å². The fraction of sp³-hybridized carbons (Fsp3) is 0.318. The molecule has 0 saturated carbocycles. The number of ketones is 1. The number of hydrogen-bond acceptors (Lipinski definition) is 5. The predicted molar refractivity (Wildman–Crippen MR) is 109 cm³/mol. The van der Waals surface area contributed by atoms with Gasteiger partial charge in [-0.25, -0.2) is 4.98 Å². The maximum absolute atomic E-state index is 13.1. The monoisotopic (exact) mass is 393 g/mol. The fourth-order valence-electron chi connectivity index (χ4n) is 3.55. The second kappa shape index (κ2) is 6.34. The van der Waals surface area contributed by atoms with Crippen LogP contribution in [0.1, 0.15) is 43.9 Å². The van der Waals surface area contributed by atoms with Crippen LogP contribution in [-0.4, -0.2) is 26.8 Å². The summed E-state index contributed by atoms with van der Waals surface area (Å²) < 4.78 is 5.77. The van der Waals surface area contributed by atoms with E-state index in [1.165, 1.54) is 4.90 Å². The Morgan fingerprint density at radius 1 is 1.21 bits per heavy atom. The minimum absolute atomic E-state index is 0.0217. The molecule has 2 N–H and O–H groups in total. The summed E-state index contributed by atoms with van der Waals surface area (Å²) in [6.07, 6.45) is 0. The third-order valence-electron chi connectivity index (χ3n) is 5.02. The molecule has 0 fully saturated rings. The van der Waals surface area contributed by atoms with E-state index in [0.717, 1.165) is 11.1 Å². The average molecular weight is 393 g/mol. The average Bonchev–Trinajstić information content (AvgIpc) is 3.30. The van der Waals surface area contributed by atoms with Crippen molar-refractivity contribution in [2.75, 3.05) is 4.90 Å². The van der Waals surface area contributed by atoms with E-state index in [4.69, 9.17) is 4.42 Å². The van der Waals surface area contributed by atoms with E-state index >= 15 is 0 Å². The number of carbonyl (C=O) groups excluding carboxylic acids is 2. The lowest BCUT2D eigenvalue weighted by atomic mass is 9.83. The number of aromatic amines is 1. The summed E-state index contributed by atoms with van der Waals surface area (Å²) in [7, 11) is 0. The number of imidazole rings is 1. The summed E-state index contributed by atoms with van der Waals surface area (Å²) in [6.45, 7) is 8.98. The number of aryl methyl sites for hydroxylation is 2. The molecule has 0 saturated heterocycles. The Morgan fingerprint density at radius 3 is 2.55 bits per heavy atom. The van der Waals surface area contributed by atoms with Crippen LogP contribution in [0.25, 0.3) is 11.0 Å². The maximum Gasteiger partial charge on any atom is 0.296 e. The number of benzene rings is 1. The highest BCUT2D eigenvalue weighted by Gasteiger charge is 2.49. The Balaban J connectivity index is 1.90. The molecular weight excluding hydrogens is 370 g/mol. The molecular formula is C22H23N3O4. The van der Waals surface area contributed by atoms with Gasteiger partial charge in [0, 0.05) is 5.41 Å². The molecule has 4 rings (SSSR count). The van der Waals surface area contributed by atoms with Gasteiger partial charge in [-0.3, -0.25) is 14.5 Å². The van der Waals surface area contributed by atoms with Crippen molar-refractivity contribution >= 4 is 28.7 Å². The van der Waals surface area contributed by atoms with Gasteiger partial charge in [-0.1, -0.05) is 26.8 Å². The zero-order chi connectivity index (χ0) is 21.1. The lowest BCUT2D eigenvalue weighted by molar-refractivity contribution is -0.123. The van der Waals surface area contributed by atoms with Crippen LogP contribution in [0.4, 0.5) is 5.95 Å². The third-order valence-corrected chi connectivity index (χ3v) is 5.02. The van der Waals surface area contributed by atoms with E-state index < -0.39 is 23.1 Å². The molecule has 0 radical (unpaired) electrons. The highest BCUT2D eigenvalue weighted by Crippen LogP contribution is 2.43. The molecule has 3 heterocycles. The molecule has 1 unspecified atom stereocenters. The van der Waals surface area contributed by atoms with E-state index in [2.05, 4.69) is 9.97 Å². The van der Waals surface area contributed by atoms with E-state index in [9.17, 15) is 14.7 Å². The van der Waals surface area contributed by atoms with E-state index in [0.29, 0.717) is 17.0 Å². The fourth-order valence-corrected chi connectivity index (χ4v) is 3.55. The number of amides is 1. The predicted octanol–water partition coefficient (Wildman–Crippen LogP) is 4.29. The van der Waals surface area contributed by atoms with E-state index in [-0.39, 0.29) is 17.3 Å². The van der Waals surface area contributed by atoms with Gasteiger partial charge in [-0.05, 0) is 43.7 Å². The lowest BCUT2D eigenvalue weighted by Crippen LogP contribution is -2.33. The van der Waals surface area contributed by atoms with Gasteiger partial charge in [0.25, 0.3) is 5.91 Å². The van der Waals surface area contributed by atoms with Crippen molar-refractivity contribution in [3.8, 4) is 0 Å². The summed E-state index contributed by atoms with van der Waals surface area (Å²) in [4.78, 5) is 35.1. The molecule has 2 aromatic heterocycles. The number of nitrogens with zero attached hydrogens (tertiary/aromatic N) is 2. The summed E-state index contributed by atoms with van der Waals surface area (Å²) in [6, 6.07) is 8.27. The van der Waals surface area contributed by atoms with Gasteiger partial charge in [0.1, 0.15) is 17.6 Å². The molecule has 1 aliphatic heterocycles. The first-order valence-electron chi connectivity index (χ1n) is 9.42. The number of fused-ring (bicyclic) bond motifs is 1. The Morgan fingerprint density at radius 2 is 1.93 bits per heavy atom. The van der Waals surface area contributed by atoms with Gasteiger partial charge in [-0.2, -0.15) is 0 Å². The molecule has 3 aromatic rings. The van der Waals surface area contributed by atoms with Crippen LogP contribution in [0.15, 0.2) is 46.1 Å². The molecule has 29 heavy (non-hydrogen) atoms. The van der Waals surface area contributed by atoms with Crippen LogP contribution in [0.5, 0.6) is 0 Å². The molecule has 1 amide bonds. The van der Waals surface area contributed by atoms with Crippen molar-refractivity contribution in [1.82, 2.24) is 9.97 Å². The van der Waals surface area contributed by atoms with Crippen molar-refractivity contribution in [1.29, 1.82) is 0 Å². The Bertz CT molecular complexity index is 1180. The number of hydrogen-bond donors (Lipinski definition) is 2. The first-order chi connectivity index (χ1) is 13.6. The van der Waals surface area contributed by atoms with Gasteiger partial charge in [0.15, 0.2) is 11.5 Å². The molecule has 1 atom stereocenters. The number of rotatable bonds is 3. The van der Waals surface area contributed by atoms with Crippen molar-refractivity contribution in [3.05, 3.63) is 58.7 Å². The van der Waals surface area contributed by atoms with Crippen LogP contribution in [0.3, 0.4) is 0 Å². The normalized spacial score (nSPS) is 17.6. The first-order valence-corrected chi connectivity index (χ1v) is 9.42. The van der Waals surface area contributed by atoms with Crippen LogP contribution in [-0.2, 0) is 9.59 Å². The molecule has 0 aliphatic carbocycles. The second-order valence-electron chi connectivity index (χ2n) is 8.45. The van der Waals surface area contributed by atoms with Crippen LogP contribution < -0.4 is 4.90 Å². The van der Waals surface area contributed by atoms with Gasteiger partial charge in [0.05, 0.1) is 16.6 Å². The molecule has 0 spiro atoms. The Labute approximate surface area is 168 Å². The van der Waals surface area contributed by atoms with E-state index in [1.54, 1.807) is 39.8 Å². The first kappa shape index (κ1) is 19.0. The molecule has 150 valence electrons. The minimum atomic E-state index is -0.899. The van der Waals surface area contributed by atoms with Crippen molar-refractivity contribution in [2.24, 2.45) is 5.41 Å². The van der Waals surface area contributed by atoms with Gasteiger partial charge < -0.3 is 14.5 Å². The number of aromatic nitrogens is 2. The molecule has 7 heteroatoms. The molecule has 1 aromatic carbocycles. The topological polar surface area (TPSA) is 99.4 Å². The highest BCUT2D eigenvalue weighted by atomic mass is 16.3. The minimum Gasteiger partial charge on any atom is -0.503 e. The molecule has 1 aliphatic rings. The quantitative estimate of drug-likeness (QED) is 0.692. The number of carbonyl (C=O) groups is 2. The molecule has 7 nitrogen and oxygen atoms in total. The zero-order valence-corrected chi connectivity index (χ0v) is 17.0. The van der Waals surface area contributed by atoms with E-state index in [1.807, 2.05) is 25.1 Å². The number of aliphatic hydroxyl groups excluding tert-OH is 1. The Kier molecular flexibility index (Phi) is 4.15. The highest BCUT2D eigenvalue weighted by molar-refractivity contribution is 6.17. The van der Waals surface area contributed by atoms with Gasteiger partial charge in [0.2, 0.25) is 5.95 Å². The van der Waals surface area contributed by atoms with Crippen LogP contribution >= 0.6 is 0 Å². The SMILES string of the molecule is Cc1ccc2nc(N3C(=O)C(O)=C(C(=O)C(C)(C)C)C3c3ccc(C)o3)[nH]c2c1. The second-order valence-corrected chi connectivity index (χ2v) is 8.45.